The molecule has 1 aliphatic carbocycles. The topological polar surface area (TPSA) is 17.1 Å². The maximum Gasteiger partial charge on any atom is 0.169 e. The third-order valence-corrected chi connectivity index (χ3v) is 4.01. The Morgan fingerprint density at radius 1 is 1.16 bits per heavy atom. The van der Waals surface area contributed by atoms with Crippen molar-refractivity contribution in [3.63, 3.8) is 0 Å². The standard InChI is InChI=1S/C16H20F2O/c1-11-8-9-13(17)15(16(11)18)14(19)10-12-6-4-2-3-5-7-12/h8-9,12H,2-7,10H2,1H3. The van der Waals surface area contributed by atoms with Crippen molar-refractivity contribution in [1.29, 1.82) is 0 Å². The van der Waals surface area contributed by atoms with Gasteiger partial charge in [-0.25, -0.2) is 8.78 Å². The maximum absolute atomic E-state index is 13.9. The molecule has 0 atom stereocenters. The number of carbonyl (C=O) groups excluding carboxylic acids is 1. The molecule has 0 spiro atoms. The third-order valence-electron chi connectivity index (χ3n) is 4.01. The summed E-state index contributed by atoms with van der Waals surface area (Å²) in [5.74, 6) is -1.53. The Morgan fingerprint density at radius 2 is 1.79 bits per heavy atom. The molecule has 0 radical (unpaired) electrons. The molecule has 1 aromatic rings. The van der Waals surface area contributed by atoms with Crippen LogP contribution in [0.3, 0.4) is 0 Å². The number of rotatable bonds is 3. The summed E-state index contributed by atoms with van der Waals surface area (Å²) in [6.45, 7) is 1.55. The molecule has 19 heavy (non-hydrogen) atoms. The average Bonchev–Trinajstić information content (AvgIpc) is 2.63. The molecule has 0 amide bonds. The molecule has 1 nitrogen and oxygen atoms in total. The predicted octanol–water partition coefficient (Wildman–Crippen LogP) is 4.82. The van der Waals surface area contributed by atoms with Crippen molar-refractivity contribution >= 4 is 5.78 Å². The van der Waals surface area contributed by atoms with Crippen LogP contribution in [0.5, 0.6) is 0 Å². The fourth-order valence-corrected chi connectivity index (χ4v) is 2.84. The zero-order valence-electron chi connectivity index (χ0n) is 11.3. The highest BCUT2D eigenvalue weighted by atomic mass is 19.1. The van der Waals surface area contributed by atoms with Gasteiger partial charge >= 0.3 is 0 Å². The second-order valence-corrected chi connectivity index (χ2v) is 5.54. The first-order chi connectivity index (χ1) is 9.09. The predicted molar refractivity (Wildman–Crippen MR) is 71.2 cm³/mol. The van der Waals surface area contributed by atoms with Crippen LogP contribution >= 0.6 is 0 Å². The van der Waals surface area contributed by atoms with Crippen LogP contribution in [0.2, 0.25) is 0 Å². The van der Waals surface area contributed by atoms with Crippen LogP contribution in [0.1, 0.15) is 60.9 Å². The van der Waals surface area contributed by atoms with E-state index in [9.17, 15) is 13.6 Å². The minimum atomic E-state index is -0.735. The summed E-state index contributed by atoms with van der Waals surface area (Å²) >= 11 is 0. The summed E-state index contributed by atoms with van der Waals surface area (Å²) < 4.78 is 27.5. The van der Waals surface area contributed by atoms with E-state index in [-0.39, 0.29) is 23.7 Å². The van der Waals surface area contributed by atoms with E-state index in [1.165, 1.54) is 25.0 Å². The molecule has 0 saturated heterocycles. The smallest absolute Gasteiger partial charge is 0.169 e. The number of hydrogen-bond acceptors (Lipinski definition) is 1. The molecular weight excluding hydrogens is 246 g/mol. The fraction of sp³-hybridized carbons (Fsp3) is 0.562. The summed E-state index contributed by atoms with van der Waals surface area (Å²) in [5, 5.41) is 0. The summed E-state index contributed by atoms with van der Waals surface area (Å²) in [6, 6.07) is 2.55. The zero-order chi connectivity index (χ0) is 13.8. The highest BCUT2D eigenvalue weighted by molar-refractivity contribution is 5.96. The molecular formula is C16H20F2O. The average molecular weight is 266 g/mol. The van der Waals surface area contributed by atoms with Gasteiger partial charge in [-0.05, 0) is 24.5 Å². The van der Waals surface area contributed by atoms with Crippen molar-refractivity contribution in [3.05, 3.63) is 34.9 Å². The number of benzene rings is 1. The van der Waals surface area contributed by atoms with Gasteiger partial charge in [0, 0.05) is 6.42 Å². The van der Waals surface area contributed by atoms with Crippen molar-refractivity contribution in [1.82, 2.24) is 0 Å². The number of Topliss-reactive ketones (excluding diaryl/α,β-unsaturated/α-hetero) is 1. The van der Waals surface area contributed by atoms with E-state index in [1.54, 1.807) is 6.92 Å². The molecule has 104 valence electrons. The van der Waals surface area contributed by atoms with Gasteiger partial charge in [0.05, 0.1) is 5.56 Å². The molecule has 0 heterocycles. The van der Waals surface area contributed by atoms with E-state index in [4.69, 9.17) is 0 Å². The minimum Gasteiger partial charge on any atom is -0.294 e. The van der Waals surface area contributed by atoms with Crippen LogP contribution in [0, 0.1) is 24.5 Å². The Hall–Kier alpha value is -1.25. The van der Waals surface area contributed by atoms with Crippen LogP contribution in [0.4, 0.5) is 8.78 Å². The highest BCUT2D eigenvalue weighted by Crippen LogP contribution is 2.28. The quantitative estimate of drug-likeness (QED) is 0.566. The normalized spacial score (nSPS) is 17.2. The zero-order valence-corrected chi connectivity index (χ0v) is 11.3. The van der Waals surface area contributed by atoms with Gasteiger partial charge in [-0.3, -0.25) is 4.79 Å². The van der Waals surface area contributed by atoms with E-state index < -0.39 is 11.6 Å². The summed E-state index contributed by atoms with van der Waals surface area (Å²) in [6.07, 6.45) is 6.93. The van der Waals surface area contributed by atoms with Crippen LogP contribution in [0.25, 0.3) is 0 Å². The molecule has 0 unspecified atom stereocenters. The van der Waals surface area contributed by atoms with Crippen molar-refractivity contribution in [3.8, 4) is 0 Å². The first kappa shape index (κ1) is 14.2. The van der Waals surface area contributed by atoms with Crippen LogP contribution in [-0.4, -0.2) is 5.78 Å². The lowest BCUT2D eigenvalue weighted by atomic mass is 9.91. The number of aryl methyl sites for hydroxylation is 1. The van der Waals surface area contributed by atoms with Crippen molar-refractivity contribution < 1.29 is 13.6 Å². The lowest BCUT2D eigenvalue weighted by Crippen LogP contribution is -2.12. The van der Waals surface area contributed by atoms with Gasteiger partial charge in [0.25, 0.3) is 0 Å². The molecule has 1 aromatic carbocycles. The molecule has 2 rings (SSSR count). The first-order valence-corrected chi connectivity index (χ1v) is 7.07. The minimum absolute atomic E-state index is 0.275. The summed E-state index contributed by atoms with van der Waals surface area (Å²) in [7, 11) is 0. The van der Waals surface area contributed by atoms with Crippen LogP contribution < -0.4 is 0 Å². The Balaban J connectivity index is 2.13. The number of halogens is 2. The second-order valence-electron chi connectivity index (χ2n) is 5.54. The SMILES string of the molecule is Cc1ccc(F)c(C(=O)CC2CCCCCC2)c1F. The molecule has 0 N–H and O–H groups in total. The van der Waals surface area contributed by atoms with Gasteiger partial charge in [0.2, 0.25) is 0 Å². The lowest BCUT2D eigenvalue weighted by Gasteiger charge is -2.14. The Morgan fingerprint density at radius 3 is 2.42 bits per heavy atom. The molecule has 0 bridgehead atoms. The monoisotopic (exact) mass is 266 g/mol. The molecule has 0 aromatic heterocycles. The van der Waals surface area contributed by atoms with Gasteiger partial charge in [0.1, 0.15) is 11.6 Å². The molecule has 1 aliphatic rings. The number of ketones is 1. The Labute approximate surface area is 113 Å². The third kappa shape index (κ3) is 3.40. The lowest BCUT2D eigenvalue weighted by molar-refractivity contribution is 0.0948. The second kappa shape index (κ2) is 6.27. The van der Waals surface area contributed by atoms with Gasteiger partial charge in [-0.15, -0.1) is 0 Å². The van der Waals surface area contributed by atoms with E-state index in [1.807, 2.05) is 0 Å². The summed E-state index contributed by atoms with van der Waals surface area (Å²) in [4.78, 5) is 12.1. The molecule has 0 aliphatic heterocycles. The van der Waals surface area contributed by atoms with E-state index in [0.717, 1.165) is 25.7 Å². The summed E-state index contributed by atoms with van der Waals surface area (Å²) in [5.41, 5.74) is -0.0186. The van der Waals surface area contributed by atoms with E-state index in [0.29, 0.717) is 5.56 Å². The number of carbonyl (C=O) groups is 1. The van der Waals surface area contributed by atoms with Crippen LogP contribution in [0.15, 0.2) is 12.1 Å². The molecule has 3 heteroatoms. The molecule has 1 fully saturated rings. The molecule has 1 saturated carbocycles. The Kier molecular flexibility index (Phi) is 4.67. The van der Waals surface area contributed by atoms with E-state index >= 15 is 0 Å². The van der Waals surface area contributed by atoms with E-state index in [2.05, 4.69) is 0 Å². The fourth-order valence-electron chi connectivity index (χ4n) is 2.84. The van der Waals surface area contributed by atoms with Gasteiger partial charge in [0.15, 0.2) is 5.78 Å². The first-order valence-electron chi connectivity index (χ1n) is 7.07. The van der Waals surface area contributed by atoms with Gasteiger partial charge in [-0.1, -0.05) is 44.6 Å². The van der Waals surface area contributed by atoms with Gasteiger partial charge in [-0.2, -0.15) is 0 Å². The van der Waals surface area contributed by atoms with Crippen molar-refractivity contribution in [2.24, 2.45) is 5.92 Å². The number of hydrogen-bond donors (Lipinski definition) is 0. The largest absolute Gasteiger partial charge is 0.294 e. The van der Waals surface area contributed by atoms with Crippen molar-refractivity contribution in [2.45, 2.75) is 51.9 Å². The van der Waals surface area contributed by atoms with Crippen molar-refractivity contribution in [2.75, 3.05) is 0 Å². The van der Waals surface area contributed by atoms with Gasteiger partial charge < -0.3 is 0 Å². The van der Waals surface area contributed by atoms with Crippen LogP contribution in [-0.2, 0) is 0 Å². The maximum atomic E-state index is 13.9. The Bertz CT molecular complexity index is 460. The highest BCUT2D eigenvalue weighted by Gasteiger charge is 2.23.